The Hall–Kier alpha value is -0.606. The first-order chi connectivity index (χ1) is 8.96. The largest absolute Gasteiger partial charge is 0.0780 e. The predicted octanol–water partition coefficient (Wildman–Crippen LogP) is 5.93. The van der Waals surface area contributed by atoms with Gasteiger partial charge in [0.1, 0.15) is 0 Å². The second-order valence-electron chi connectivity index (χ2n) is 8.64. The summed E-state index contributed by atoms with van der Waals surface area (Å²) in [5, 5.41) is 2.04. The fraction of sp³-hybridized carbons (Fsp3) is 0.500. The fourth-order valence-electron chi connectivity index (χ4n) is 2.79. The fourth-order valence-corrected chi connectivity index (χ4v) is 6.75. The molecule has 1 aromatic carbocycles. The van der Waals surface area contributed by atoms with Gasteiger partial charge in [-0.2, -0.15) is 0 Å². The van der Waals surface area contributed by atoms with Gasteiger partial charge in [0, 0.05) is 5.54 Å². The molecule has 1 aliphatic rings. The average molecular weight is 302 g/mol. The third-order valence-corrected chi connectivity index (χ3v) is 12.7. The Morgan fingerprint density at radius 3 is 1.75 bits per heavy atom. The lowest BCUT2D eigenvalue weighted by atomic mass is 10.1. The molecule has 2 rings (SSSR count). The Kier molecular flexibility index (Phi) is 3.71. The Labute approximate surface area is 127 Å². The standard InChI is InChI=1S/C18H29Si2/c1-18(2,3)20(7,8)17-13-16(19(4,5)6)14-11-9-10-12-15(14)17/h9-13H,1-8H3. The van der Waals surface area contributed by atoms with Gasteiger partial charge in [0.15, 0.2) is 0 Å². The van der Waals surface area contributed by atoms with Gasteiger partial charge in [0.2, 0.25) is 0 Å². The van der Waals surface area contributed by atoms with Gasteiger partial charge in [0.05, 0.1) is 16.1 Å². The van der Waals surface area contributed by atoms with E-state index >= 15 is 0 Å². The van der Waals surface area contributed by atoms with Gasteiger partial charge in [0.25, 0.3) is 0 Å². The first-order valence-electron chi connectivity index (χ1n) is 7.65. The van der Waals surface area contributed by atoms with Crippen molar-refractivity contribution in [1.29, 1.82) is 0 Å². The van der Waals surface area contributed by atoms with Crippen LogP contribution in [-0.2, 0) is 0 Å². The number of benzene rings is 1. The molecule has 109 valence electrons. The van der Waals surface area contributed by atoms with Crippen LogP contribution in [0.25, 0.3) is 5.20 Å². The van der Waals surface area contributed by atoms with Crippen molar-refractivity contribution >= 4 is 21.3 Å². The summed E-state index contributed by atoms with van der Waals surface area (Å²) < 4.78 is 0. The summed E-state index contributed by atoms with van der Waals surface area (Å²) in [6.45, 7) is 19.7. The molecule has 0 N–H and O–H groups in total. The zero-order valence-electron chi connectivity index (χ0n) is 14.4. The number of hydrogen-bond acceptors (Lipinski definition) is 0. The molecule has 1 aliphatic carbocycles. The van der Waals surface area contributed by atoms with Crippen LogP contribution >= 0.6 is 0 Å². The molecular formula is C18H29Si2. The SMILES string of the molecule is CC(C)(C)[Si](C)(C)[C]1C=C([Si](C)(C)C)c2ccccc21. The van der Waals surface area contributed by atoms with Crippen LogP contribution in [0.5, 0.6) is 0 Å². The van der Waals surface area contributed by atoms with E-state index < -0.39 is 16.1 Å². The van der Waals surface area contributed by atoms with E-state index in [9.17, 15) is 0 Å². The van der Waals surface area contributed by atoms with Crippen LogP contribution in [0.2, 0.25) is 37.8 Å². The monoisotopic (exact) mass is 301 g/mol. The Bertz CT molecular complexity index is 539. The van der Waals surface area contributed by atoms with Crippen LogP contribution < -0.4 is 0 Å². The molecule has 0 spiro atoms. The van der Waals surface area contributed by atoms with Crippen molar-refractivity contribution in [3.8, 4) is 0 Å². The molecule has 0 amide bonds. The third-order valence-electron chi connectivity index (χ3n) is 5.15. The smallest absolute Gasteiger partial charge is 0.0759 e. The highest BCUT2D eigenvalue weighted by molar-refractivity contribution is 6.95. The van der Waals surface area contributed by atoms with E-state index in [1.807, 2.05) is 0 Å². The van der Waals surface area contributed by atoms with Crippen molar-refractivity contribution in [3.63, 3.8) is 0 Å². The molecule has 1 radical (unpaired) electrons. The van der Waals surface area contributed by atoms with Crippen LogP contribution in [0.15, 0.2) is 30.3 Å². The van der Waals surface area contributed by atoms with Crippen molar-refractivity contribution in [3.05, 3.63) is 47.0 Å². The number of fused-ring (bicyclic) bond motifs is 1. The minimum absolute atomic E-state index is 0.390. The molecule has 0 fully saturated rings. The first kappa shape index (κ1) is 15.8. The first-order valence-corrected chi connectivity index (χ1v) is 14.2. The van der Waals surface area contributed by atoms with Gasteiger partial charge in [-0.05, 0) is 16.2 Å². The molecule has 0 aliphatic heterocycles. The Morgan fingerprint density at radius 2 is 1.30 bits per heavy atom. The highest BCUT2D eigenvalue weighted by Gasteiger charge is 2.46. The molecule has 0 bridgehead atoms. The topological polar surface area (TPSA) is 0 Å². The van der Waals surface area contributed by atoms with E-state index in [-0.39, 0.29) is 0 Å². The zero-order chi connectivity index (χ0) is 15.3. The maximum atomic E-state index is 2.58. The maximum Gasteiger partial charge on any atom is 0.0780 e. The highest BCUT2D eigenvalue weighted by atomic mass is 28.3. The molecule has 20 heavy (non-hydrogen) atoms. The van der Waals surface area contributed by atoms with Crippen molar-refractivity contribution in [2.24, 2.45) is 0 Å². The van der Waals surface area contributed by atoms with E-state index in [1.54, 1.807) is 10.7 Å². The van der Waals surface area contributed by atoms with Gasteiger partial charge in [-0.25, -0.2) is 0 Å². The van der Waals surface area contributed by atoms with E-state index in [2.05, 4.69) is 83.8 Å². The second kappa shape index (κ2) is 4.70. The van der Waals surface area contributed by atoms with Crippen LogP contribution in [0.4, 0.5) is 0 Å². The lowest BCUT2D eigenvalue weighted by Gasteiger charge is -2.41. The van der Waals surface area contributed by atoms with Crippen LogP contribution in [0.1, 0.15) is 31.9 Å². The predicted molar refractivity (Wildman–Crippen MR) is 97.3 cm³/mol. The number of rotatable bonds is 2. The van der Waals surface area contributed by atoms with Crippen molar-refractivity contribution in [2.75, 3.05) is 0 Å². The van der Waals surface area contributed by atoms with Crippen molar-refractivity contribution < 1.29 is 0 Å². The number of hydrogen-bond donors (Lipinski definition) is 0. The van der Waals surface area contributed by atoms with Gasteiger partial charge in [-0.1, -0.05) is 89.0 Å². The minimum Gasteiger partial charge on any atom is -0.0759 e. The number of allylic oxidation sites excluding steroid dienone is 1. The van der Waals surface area contributed by atoms with E-state index in [0.717, 1.165) is 0 Å². The summed E-state index contributed by atoms with van der Waals surface area (Å²) in [6.07, 6.45) is 2.58. The maximum absolute atomic E-state index is 2.58. The zero-order valence-corrected chi connectivity index (χ0v) is 16.4. The molecule has 0 aromatic heterocycles. The minimum atomic E-state index is -1.48. The third kappa shape index (κ3) is 2.48. The van der Waals surface area contributed by atoms with E-state index in [0.29, 0.717) is 5.04 Å². The lowest BCUT2D eigenvalue weighted by Crippen LogP contribution is -2.43. The molecule has 0 heterocycles. The van der Waals surface area contributed by atoms with Crippen LogP contribution in [-0.4, -0.2) is 16.1 Å². The summed E-state index contributed by atoms with van der Waals surface area (Å²) in [5.41, 5.74) is 4.71. The van der Waals surface area contributed by atoms with Gasteiger partial charge < -0.3 is 0 Å². The normalized spacial score (nSPS) is 17.1. The molecular weight excluding hydrogens is 272 g/mol. The summed E-state index contributed by atoms with van der Waals surface area (Å²) >= 11 is 0. The van der Waals surface area contributed by atoms with Gasteiger partial charge >= 0.3 is 0 Å². The summed E-state index contributed by atoms with van der Waals surface area (Å²) in [6, 6.07) is 9.07. The van der Waals surface area contributed by atoms with Crippen molar-refractivity contribution in [1.82, 2.24) is 0 Å². The molecule has 0 saturated heterocycles. The quantitative estimate of drug-likeness (QED) is 0.594. The average Bonchev–Trinajstić information content (AvgIpc) is 2.66. The summed E-state index contributed by atoms with van der Waals surface area (Å²) in [4.78, 5) is 0. The molecule has 2 heteroatoms. The Balaban J connectivity index is 2.60. The summed E-state index contributed by atoms with van der Waals surface area (Å²) in [7, 11) is -2.77. The van der Waals surface area contributed by atoms with E-state index in [4.69, 9.17) is 0 Å². The summed E-state index contributed by atoms with van der Waals surface area (Å²) in [5.74, 6) is 0. The van der Waals surface area contributed by atoms with Crippen LogP contribution in [0, 0.1) is 5.54 Å². The molecule has 0 saturated carbocycles. The van der Waals surface area contributed by atoms with Gasteiger partial charge in [-0.3, -0.25) is 0 Å². The second-order valence-corrected chi connectivity index (χ2v) is 19.0. The lowest BCUT2D eigenvalue weighted by molar-refractivity contribution is 0.721. The van der Waals surface area contributed by atoms with Gasteiger partial charge in [-0.15, -0.1) is 0 Å². The van der Waals surface area contributed by atoms with Crippen molar-refractivity contribution in [2.45, 2.75) is 58.5 Å². The van der Waals surface area contributed by atoms with Crippen LogP contribution in [0.3, 0.4) is 0 Å². The molecule has 0 atom stereocenters. The highest BCUT2D eigenvalue weighted by Crippen LogP contribution is 2.51. The Morgan fingerprint density at radius 1 is 0.800 bits per heavy atom. The van der Waals surface area contributed by atoms with E-state index in [1.165, 1.54) is 11.1 Å². The molecule has 0 nitrogen and oxygen atoms in total. The molecule has 1 aromatic rings. The molecule has 0 unspecified atom stereocenters.